The Morgan fingerprint density at radius 3 is 2.88 bits per heavy atom. The van der Waals surface area contributed by atoms with Crippen LogP contribution in [-0.2, 0) is 29.1 Å². The lowest BCUT2D eigenvalue weighted by Crippen LogP contribution is -2.48. The van der Waals surface area contributed by atoms with Crippen LogP contribution in [0.4, 0.5) is 4.79 Å². The van der Waals surface area contributed by atoms with Gasteiger partial charge in [0.25, 0.3) is 0 Å². The molecule has 4 amide bonds. The Kier molecular flexibility index (Phi) is 5.57. The van der Waals surface area contributed by atoms with Crippen LogP contribution in [0.3, 0.4) is 0 Å². The number of nitrogens with zero attached hydrogens (tertiary/aromatic N) is 3. The van der Waals surface area contributed by atoms with Crippen LogP contribution in [0.1, 0.15) is 24.2 Å². The van der Waals surface area contributed by atoms with Gasteiger partial charge in [0.2, 0.25) is 11.8 Å². The fraction of sp³-hybridized carbons (Fsp3) is 0.353. The predicted molar refractivity (Wildman–Crippen MR) is 91.7 cm³/mol. The third-order valence-corrected chi connectivity index (χ3v) is 4.14. The highest BCUT2D eigenvalue weighted by Gasteiger charge is 2.26. The van der Waals surface area contributed by atoms with Gasteiger partial charge in [-0.05, 0) is 18.4 Å². The molecule has 3 N–H and O–H groups in total. The molecule has 26 heavy (non-hydrogen) atoms. The van der Waals surface area contributed by atoms with Gasteiger partial charge >= 0.3 is 6.03 Å². The normalized spacial score (nSPS) is 17.2. The van der Waals surface area contributed by atoms with Gasteiger partial charge in [0.15, 0.2) is 5.82 Å². The highest BCUT2D eigenvalue weighted by Crippen LogP contribution is 2.05. The van der Waals surface area contributed by atoms with E-state index >= 15 is 0 Å². The molecular weight excluding hydrogens is 336 g/mol. The van der Waals surface area contributed by atoms with E-state index in [0.29, 0.717) is 12.4 Å². The zero-order valence-electron chi connectivity index (χ0n) is 14.1. The van der Waals surface area contributed by atoms with Crippen molar-refractivity contribution in [3.63, 3.8) is 0 Å². The van der Waals surface area contributed by atoms with Crippen molar-refractivity contribution < 1.29 is 14.4 Å². The number of nitrogens with one attached hydrogen (secondary N) is 3. The molecule has 2 heterocycles. The lowest BCUT2D eigenvalue weighted by atomic mass is 10.1. The van der Waals surface area contributed by atoms with Gasteiger partial charge in [-0.3, -0.25) is 14.9 Å². The van der Waals surface area contributed by atoms with Crippen LogP contribution < -0.4 is 16.0 Å². The number of aromatic nitrogens is 3. The van der Waals surface area contributed by atoms with E-state index in [-0.39, 0.29) is 25.3 Å². The van der Waals surface area contributed by atoms with Gasteiger partial charge < -0.3 is 15.2 Å². The molecule has 1 aromatic carbocycles. The summed E-state index contributed by atoms with van der Waals surface area (Å²) in [4.78, 5) is 35.0. The molecule has 9 nitrogen and oxygen atoms in total. The maximum absolute atomic E-state index is 12.3. The summed E-state index contributed by atoms with van der Waals surface area (Å²) in [6.07, 6.45) is 2.82. The topological polar surface area (TPSA) is 118 Å². The van der Waals surface area contributed by atoms with Crippen molar-refractivity contribution in [2.45, 2.75) is 38.4 Å². The number of aryl methyl sites for hydroxylation is 2. The number of hydrogen-bond acceptors (Lipinski definition) is 5. The van der Waals surface area contributed by atoms with E-state index < -0.39 is 18.0 Å². The van der Waals surface area contributed by atoms with Crippen LogP contribution >= 0.6 is 0 Å². The van der Waals surface area contributed by atoms with Crippen molar-refractivity contribution in [1.29, 1.82) is 0 Å². The monoisotopic (exact) mass is 356 g/mol. The summed E-state index contributed by atoms with van der Waals surface area (Å²) in [5.74, 6) is -0.116. The molecule has 3 rings (SSSR count). The first-order valence-corrected chi connectivity index (χ1v) is 8.40. The summed E-state index contributed by atoms with van der Waals surface area (Å²) in [5, 5.41) is 15.3. The Morgan fingerprint density at radius 2 is 2.08 bits per heavy atom. The fourth-order valence-corrected chi connectivity index (χ4v) is 2.71. The maximum atomic E-state index is 12.3. The average molecular weight is 356 g/mol. The molecule has 1 atom stereocenters. The van der Waals surface area contributed by atoms with Crippen LogP contribution in [0.15, 0.2) is 36.7 Å². The Labute approximate surface area is 150 Å². The van der Waals surface area contributed by atoms with Gasteiger partial charge in [0, 0.05) is 13.0 Å². The predicted octanol–water partition coefficient (Wildman–Crippen LogP) is 0.125. The Bertz CT molecular complexity index is 789. The Morgan fingerprint density at radius 1 is 1.27 bits per heavy atom. The van der Waals surface area contributed by atoms with Crippen LogP contribution in [0.2, 0.25) is 0 Å². The number of benzene rings is 1. The highest BCUT2D eigenvalue weighted by molar-refractivity contribution is 5.98. The Balaban J connectivity index is 1.53. The number of carbonyl (C=O) groups excluding carboxylic acids is 3. The molecule has 136 valence electrons. The molecule has 1 fully saturated rings. The molecule has 0 radical (unpaired) electrons. The first-order chi connectivity index (χ1) is 12.6. The number of imide groups is 1. The molecule has 0 spiro atoms. The third-order valence-electron chi connectivity index (χ3n) is 4.14. The second-order valence-corrected chi connectivity index (χ2v) is 6.01. The van der Waals surface area contributed by atoms with Crippen LogP contribution in [-0.4, -0.2) is 38.7 Å². The van der Waals surface area contributed by atoms with Gasteiger partial charge in [-0.25, -0.2) is 4.79 Å². The first kappa shape index (κ1) is 17.6. The van der Waals surface area contributed by atoms with Crippen molar-refractivity contribution in [1.82, 2.24) is 30.7 Å². The molecule has 2 aromatic rings. The largest absolute Gasteiger partial charge is 0.347 e. The number of carbonyl (C=O) groups is 3. The molecule has 9 heteroatoms. The molecule has 1 aliphatic rings. The second-order valence-electron chi connectivity index (χ2n) is 6.01. The van der Waals surface area contributed by atoms with Crippen molar-refractivity contribution in [2.75, 3.05) is 0 Å². The van der Waals surface area contributed by atoms with E-state index in [1.54, 1.807) is 6.33 Å². The molecule has 1 saturated heterocycles. The van der Waals surface area contributed by atoms with Crippen molar-refractivity contribution in [3.8, 4) is 0 Å². The molecule has 1 aromatic heterocycles. The molecule has 0 bridgehead atoms. The third kappa shape index (κ3) is 4.65. The fourth-order valence-electron chi connectivity index (χ4n) is 2.71. The summed E-state index contributed by atoms with van der Waals surface area (Å²) in [6.45, 7) is 0.891. The minimum Gasteiger partial charge on any atom is -0.347 e. The van der Waals surface area contributed by atoms with Gasteiger partial charge in [-0.15, -0.1) is 10.2 Å². The standard InChI is InChI=1S/C17H20N6O3/c24-15-7-6-13(20-17(26)21-15)16(25)18-10-14-22-19-11-23(14)9-8-12-4-2-1-3-5-12/h1-5,11,13H,6-10H2,(H,18,25)(H2,20,21,24,26). The quantitative estimate of drug-likeness (QED) is 0.680. The molecule has 1 unspecified atom stereocenters. The summed E-state index contributed by atoms with van der Waals surface area (Å²) < 4.78 is 1.88. The van der Waals surface area contributed by atoms with Crippen molar-refractivity contribution in [2.24, 2.45) is 0 Å². The maximum Gasteiger partial charge on any atom is 0.322 e. The minimum absolute atomic E-state index is 0.115. The number of amides is 4. The van der Waals surface area contributed by atoms with Gasteiger partial charge in [0.1, 0.15) is 12.4 Å². The summed E-state index contributed by atoms with van der Waals surface area (Å²) in [7, 11) is 0. The number of hydrogen-bond donors (Lipinski definition) is 3. The molecule has 0 saturated carbocycles. The van der Waals surface area contributed by atoms with Crippen LogP contribution in [0.25, 0.3) is 0 Å². The zero-order valence-corrected chi connectivity index (χ0v) is 14.1. The second kappa shape index (κ2) is 8.24. The van der Waals surface area contributed by atoms with E-state index in [1.807, 2.05) is 22.8 Å². The molecule has 1 aliphatic heterocycles. The summed E-state index contributed by atoms with van der Waals surface area (Å²) >= 11 is 0. The van der Waals surface area contributed by atoms with Gasteiger partial charge in [0.05, 0.1) is 6.54 Å². The van der Waals surface area contributed by atoms with E-state index in [9.17, 15) is 14.4 Å². The van der Waals surface area contributed by atoms with Crippen LogP contribution in [0.5, 0.6) is 0 Å². The molecule has 0 aliphatic carbocycles. The van der Waals surface area contributed by atoms with E-state index in [1.165, 1.54) is 5.56 Å². The number of rotatable bonds is 6. The van der Waals surface area contributed by atoms with Gasteiger partial charge in [-0.1, -0.05) is 30.3 Å². The van der Waals surface area contributed by atoms with E-state index in [2.05, 4.69) is 38.3 Å². The SMILES string of the molecule is O=C1CCC(C(=O)NCc2nncn2CCc2ccccc2)NC(=O)N1. The number of urea groups is 1. The van der Waals surface area contributed by atoms with E-state index in [4.69, 9.17) is 0 Å². The van der Waals surface area contributed by atoms with E-state index in [0.717, 1.165) is 6.42 Å². The Hall–Kier alpha value is -3.23. The summed E-state index contributed by atoms with van der Waals surface area (Å²) in [5.41, 5.74) is 1.20. The minimum atomic E-state index is -0.748. The van der Waals surface area contributed by atoms with Gasteiger partial charge in [-0.2, -0.15) is 0 Å². The van der Waals surface area contributed by atoms with Crippen molar-refractivity contribution in [3.05, 3.63) is 48.0 Å². The van der Waals surface area contributed by atoms with Crippen LogP contribution in [0, 0.1) is 0 Å². The van der Waals surface area contributed by atoms with Crippen molar-refractivity contribution >= 4 is 17.8 Å². The smallest absolute Gasteiger partial charge is 0.322 e. The zero-order chi connectivity index (χ0) is 18.4. The molecular formula is C17H20N6O3. The lowest BCUT2D eigenvalue weighted by Gasteiger charge is -2.15. The first-order valence-electron chi connectivity index (χ1n) is 8.40. The lowest BCUT2D eigenvalue weighted by molar-refractivity contribution is -0.123. The summed E-state index contributed by atoms with van der Waals surface area (Å²) in [6, 6.07) is 8.65. The average Bonchev–Trinajstić information content (AvgIpc) is 3.01. The highest BCUT2D eigenvalue weighted by atomic mass is 16.2.